The Morgan fingerprint density at radius 2 is 1.58 bits per heavy atom. The van der Waals surface area contributed by atoms with Gasteiger partial charge in [0.2, 0.25) is 0 Å². The molecule has 2 nitrogen and oxygen atoms in total. The molecule has 4 N–H and O–H groups in total. The maximum atomic E-state index is 5.97. The molecule has 0 spiro atoms. The van der Waals surface area contributed by atoms with Gasteiger partial charge in [-0.3, -0.25) is 0 Å². The van der Waals surface area contributed by atoms with Crippen LogP contribution in [0, 0.1) is 5.92 Å². The van der Waals surface area contributed by atoms with Crippen molar-refractivity contribution in [1.29, 1.82) is 0 Å². The summed E-state index contributed by atoms with van der Waals surface area (Å²) in [4.78, 5) is 0. The van der Waals surface area contributed by atoms with Gasteiger partial charge in [0.05, 0.1) is 0 Å². The van der Waals surface area contributed by atoms with Crippen LogP contribution in [0.1, 0.15) is 46.5 Å². The molecule has 0 fully saturated rings. The molecule has 0 aromatic rings. The van der Waals surface area contributed by atoms with Crippen molar-refractivity contribution in [1.82, 2.24) is 0 Å². The Balaban J connectivity index is 3.49. The van der Waals surface area contributed by atoms with E-state index in [1.807, 2.05) is 0 Å². The molecule has 0 bridgehead atoms. The van der Waals surface area contributed by atoms with Gasteiger partial charge in [-0.05, 0) is 32.1 Å². The number of rotatable bonds is 6. The van der Waals surface area contributed by atoms with E-state index in [4.69, 9.17) is 11.5 Å². The van der Waals surface area contributed by atoms with Gasteiger partial charge in [0, 0.05) is 12.1 Å². The van der Waals surface area contributed by atoms with E-state index in [0.29, 0.717) is 18.0 Å². The van der Waals surface area contributed by atoms with Crippen molar-refractivity contribution in [2.24, 2.45) is 17.4 Å². The van der Waals surface area contributed by atoms with E-state index in [9.17, 15) is 0 Å². The molecule has 0 saturated carbocycles. The van der Waals surface area contributed by atoms with E-state index < -0.39 is 0 Å². The maximum absolute atomic E-state index is 5.97. The minimum absolute atomic E-state index is 0.321. The molecule has 12 heavy (non-hydrogen) atoms. The molecule has 3 atom stereocenters. The third-order valence-electron chi connectivity index (χ3n) is 2.43. The van der Waals surface area contributed by atoms with Gasteiger partial charge in [0.25, 0.3) is 0 Å². The number of hydrogen-bond donors (Lipinski definition) is 2. The fourth-order valence-corrected chi connectivity index (χ4v) is 1.36. The monoisotopic (exact) mass is 172 g/mol. The summed E-state index contributed by atoms with van der Waals surface area (Å²) in [5.74, 6) is 0.621. The van der Waals surface area contributed by atoms with Gasteiger partial charge in [0.15, 0.2) is 0 Å². The summed E-state index contributed by atoms with van der Waals surface area (Å²) in [6, 6.07) is 0.690. The van der Waals surface area contributed by atoms with Crippen molar-refractivity contribution in [2.75, 3.05) is 0 Å². The first-order valence-corrected chi connectivity index (χ1v) is 5.09. The highest BCUT2D eigenvalue weighted by atomic mass is 14.6. The third-order valence-corrected chi connectivity index (χ3v) is 2.43. The predicted molar refractivity (Wildman–Crippen MR) is 54.9 cm³/mol. The highest BCUT2D eigenvalue weighted by molar-refractivity contribution is 4.70. The molecule has 0 amide bonds. The first kappa shape index (κ1) is 11.9. The standard InChI is InChI=1S/C10H24N2/c1-4-5-10(12)8(2)6-7-9(3)11/h8-10H,4-7,11-12H2,1-3H3. The van der Waals surface area contributed by atoms with Gasteiger partial charge in [0.1, 0.15) is 0 Å². The molecule has 0 heterocycles. The maximum Gasteiger partial charge on any atom is 0.00644 e. The molecule has 0 saturated heterocycles. The highest BCUT2D eigenvalue weighted by Crippen LogP contribution is 2.13. The smallest absolute Gasteiger partial charge is 0.00644 e. The average Bonchev–Trinajstić information content (AvgIpc) is 2.00. The highest BCUT2D eigenvalue weighted by Gasteiger charge is 2.11. The van der Waals surface area contributed by atoms with Crippen molar-refractivity contribution < 1.29 is 0 Å². The summed E-state index contributed by atoms with van der Waals surface area (Å²) in [6.45, 7) is 6.46. The molecule has 2 heteroatoms. The summed E-state index contributed by atoms with van der Waals surface area (Å²) >= 11 is 0. The minimum atomic E-state index is 0.321. The second kappa shape index (κ2) is 6.44. The molecule has 0 aliphatic carbocycles. The Kier molecular flexibility index (Phi) is 6.39. The lowest BCUT2D eigenvalue weighted by atomic mass is 9.93. The van der Waals surface area contributed by atoms with Crippen LogP contribution in [0.3, 0.4) is 0 Å². The lowest BCUT2D eigenvalue weighted by Gasteiger charge is -2.19. The van der Waals surface area contributed by atoms with E-state index in [-0.39, 0.29) is 0 Å². The molecule has 3 unspecified atom stereocenters. The summed E-state index contributed by atoms with van der Waals surface area (Å²) in [7, 11) is 0. The second-order valence-corrected chi connectivity index (χ2v) is 3.98. The van der Waals surface area contributed by atoms with Crippen LogP contribution in [0.5, 0.6) is 0 Å². The van der Waals surface area contributed by atoms with Crippen molar-refractivity contribution in [3.05, 3.63) is 0 Å². The molecule has 0 aromatic carbocycles. The molecule has 0 aliphatic heterocycles. The second-order valence-electron chi connectivity index (χ2n) is 3.98. The van der Waals surface area contributed by atoms with Crippen molar-refractivity contribution >= 4 is 0 Å². The molecule has 74 valence electrons. The average molecular weight is 172 g/mol. The molecule has 0 radical (unpaired) electrons. The fourth-order valence-electron chi connectivity index (χ4n) is 1.36. The van der Waals surface area contributed by atoms with Gasteiger partial charge < -0.3 is 11.5 Å². The van der Waals surface area contributed by atoms with Crippen LogP contribution in [0.2, 0.25) is 0 Å². The van der Waals surface area contributed by atoms with Gasteiger partial charge >= 0.3 is 0 Å². The zero-order valence-corrected chi connectivity index (χ0v) is 8.72. The van der Waals surface area contributed by atoms with Crippen molar-refractivity contribution in [2.45, 2.75) is 58.5 Å². The summed E-state index contributed by atoms with van der Waals surface area (Å²) < 4.78 is 0. The summed E-state index contributed by atoms with van der Waals surface area (Å²) in [5.41, 5.74) is 11.6. The zero-order valence-electron chi connectivity index (χ0n) is 8.72. The van der Waals surface area contributed by atoms with Crippen LogP contribution in [0.25, 0.3) is 0 Å². The van der Waals surface area contributed by atoms with Gasteiger partial charge in [-0.25, -0.2) is 0 Å². The fraction of sp³-hybridized carbons (Fsp3) is 1.00. The topological polar surface area (TPSA) is 52.0 Å². The summed E-state index contributed by atoms with van der Waals surface area (Å²) in [5, 5.41) is 0. The molecule has 0 aromatic heterocycles. The van der Waals surface area contributed by atoms with Crippen LogP contribution in [0.15, 0.2) is 0 Å². The van der Waals surface area contributed by atoms with Crippen molar-refractivity contribution in [3.63, 3.8) is 0 Å². The Bertz CT molecular complexity index is 102. The van der Waals surface area contributed by atoms with Gasteiger partial charge in [-0.2, -0.15) is 0 Å². The lowest BCUT2D eigenvalue weighted by molar-refractivity contribution is 0.383. The van der Waals surface area contributed by atoms with E-state index in [0.717, 1.165) is 12.8 Å². The van der Waals surface area contributed by atoms with E-state index in [2.05, 4.69) is 20.8 Å². The van der Waals surface area contributed by atoms with Crippen LogP contribution in [0.4, 0.5) is 0 Å². The molecular formula is C10H24N2. The Morgan fingerprint density at radius 3 is 2.00 bits per heavy atom. The quantitative estimate of drug-likeness (QED) is 0.642. The lowest BCUT2D eigenvalue weighted by Crippen LogP contribution is -2.29. The van der Waals surface area contributed by atoms with Gasteiger partial charge in [-0.15, -0.1) is 0 Å². The normalized spacial score (nSPS) is 18.8. The molecule has 0 aliphatic rings. The first-order chi connectivity index (χ1) is 5.57. The Morgan fingerprint density at radius 1 is 1.00 bits per heavy atom. The van der Waals surface area contributed by atoms with E-state index in [1.165, 1.54) is 12.8 Å². The minimum Gasteiger partial charge on any atom is -0.328 e. The predicted octanol–water partition coefficient (Wildman–Crippen LogP) is 1.88. The van der Waals surface area contributed by atoms with Crippen LogP contribution in [-0.2, 0) is 0 Å². The molecule has 0 rings (SSSR count). The number of hydrogen-bond acceptors (Lipinski definition) is 2. The van der Waals surface area contributed by atoms with Crippen LogP contribution in [-0.4, -0.2) is 12.1 Å². The third kappa shape index (κ3) is 5.56. The van der Waals surface area contributed by atoms with Crippen molar-refractivity contribution in [3.8, 4) is 0 Å². The van der Waals surface area contributed by atoms with Crippen LogP contribution >= 0.6 is 0 Å². The van der Waals surface area contributed by atoms with Crippen LogP contribution < -0.4 is 11.5 Å². The number of nitrogens with two attached hydrogens (primary N) is 2. The van der Waals surface area contributed by atoms with E-state index >= 15 is 0 Å². The van der Waals surface area contributed by atoms with E-state index in [1.54, 1.807) is 0 Å². The zero-order chi connectivity index (χ0) is 9.56. The Labute approximate surface area is 76.7 Å². The largest absolute Gasteiger partial charge is 0.328 e. The summed E-state index contributed by atoms with van der Waals surface area (Å²) in [6.07, 6.45) is 4.58. The van der Waals surface area contributed by atoms with Gasteiger partial charge in [-0.1, -0.05) is 20.3 Å². The first-order valence-electron chi connectivity index (χ1n) is 5.09. The SMILES string of the molecule is CCCC(N)C(C)CCC(C)N. The molecular weight excluding hydrogens is 148 g/mol. The Hall–Kier alpha value is -0.0800.